The van der Waals surface area contributed by atoms with Crippen LogP contribution in [-0.4, -0.2) is 18.9 Å². The van der Waals surface area contributed by atoms with Gasteiger partial charge in [-0.2, -0.15) is 0 Å². The van der Waals surface area contributed by atoms with Crippen LogP contribution in [0.2, 0.25) is 0 Å². The normalized spacial score (nSPS) is 16.1. The maximum absolute atomic E-state index is 12.0. The molecule has 0 aromatic carbocycles. The topological polar surface area (TPSA) is 29.1 Å². The van der Waals surface area contributed by atoms with Crippen molar-refractivity contribution < 1.29 is 4.79 Å². The average molecular weight is 251 g/mol. The lowest BCUT2D eigenvalue weighted by molar-refractivity contribution is -0.116. The number of rotatable bonds is 8. The standard InChI is InChI=1S/C16H29NO/c1-3-5-7-9-14(10-8-6-4-2)15-13-17-12-11-16(15)18/h17H,3-13H2,1-2H3. The molecule has 0 spiro atoms. The Labute approximate surface area is 112 Å². The van der Waals surface area contributed by atoms with E-state index >= 15 is 0 Å². The monoisotopic (exact) mass is 251 g/mol. The molecule has 104 valence electrons. The zero-order valence-corrected chi connectivity index (χ0v) is 12.2. The molecule has 0 radical (unpaired) electrons. The van der Waals surface area contributed by atoms with Crippen molar-refractivity contribution >= 4 is 5.78 Å². The largest absolute Gasteiger partial charge is 0.312 e. The van der Waals surface area contributed by atoms with Gasteiger partial charge in [-0.15, -0.1) is 0 Å². The molecule has 1 heterocycles. The number of ketones is 1. The third-order valence-electron chi connectivity index (χ3n) is 3.76. The average Bonchev–Trinajstić information content (AvgIpc) is 2.38. The van der Waals surface area contributed by atoms with E-state index in [1.807, 2.05) is 0 Å². The molecule has 2 nitrogen and oxygen atoms in total. The lowest BCUT2D eigenvalue weighted by Gasteiger charge is -2.19. The summed E-state index contributed by atoms with van der Waals surface area (Å²) in [5.74, 6) is 0.400. The number of carbonyl (C=O) groups is 1. The van der Waals surface area contributed by atoms with Crippen LogP contribution in [0, 0.1) is 0 Å². The lowest BCUT2D eigenvalue weighted by Crippen LogP contribution is -2.31. The first-order chi connectivity index (χ1) is 8.79. The highest BCUT2D eigenvalue weighted by molar-refractivity contribution is 5.97. The Morgan fingerprint density at radius 1 is 1.06 bits per heavy atom. The predicted octanol–water partition coefficient (Wildman–Crippen LogP) is 4.01. The number of carbonyl (C=O) groups excluding carboxylic acids is 1. The summed E-state index contributed by atoms with van der Waals surface area (Å²) in [6, 6.07) is 0. The van der Waals surface area contributed by atoms with Gasteiger partial charge in [0.1, 0.15) is 0 Å². The van der Waals surface area contributed by atoms with Gasteiger partial charge >= 0.3 is 0 Å². The van der Waals surface area contributed by atoms with Gasteiger partial charge in [-0.1, -0.05) is 45.1 Å². The van der Waals surface area contributed by atoms with E-state index in [1.54, 1.807) is 0 Å². The molecule has 0 bridgehead atoms. The Morgan fingerprint density at radius 2 is 1.67 bits per heavy atom. The summed E-state index contributed by atoms with van der Waals surface area (Å²) in [6.45, 7) is 6.14. The molecule has 1 fully saturated rings. The number of hydrogen-bond acceptors (Lipinski definition) is 2. The minimum absolute atomic E-state index is 0.400. The molecule has 1 aliphatic rings. The van der Waals surface area contributed by atoms with Crippen LogP contribution in [0.4, 0.5) is 0 Å². The van der Waals surface area contributed by atoms with Crippen molar-refractivity contribution in [3.63, 3.8) is 0 Å². The molecule has 0 unspecified atom stereocenters. The van der Waals surface area contributed by atoms with Gasteiger partial charge in [0.25, 0.3) is 0 Å². The zero-order valence-electron chi connectivity index (χ0n) is 12.2. The highest BCUT2D eigenvalue weighted by Crippen LogP contribution is 2.22. The quantitative estimate of drug-likeness (QED) is 0.522. The molecule has 0 amide bonds. The molecule has 1 rings (SSSR count). The van der Waals surface area contributed by atoms with Crippen molar-refractivity contribution in [3.05, 3.63) is 11.1 Å². The third-order valence-corrected chi connectivity index (χ3v) is 3.76. The summed E-state index contributed by atoms with van der Waals surface area (Å²) in [5, 5.41) is 3.35. The second-order valence-electron chi connectivity index (χ2n) is 5.35. The molecule has 0 aromatic rings. The summed E-state index contributed by atoms with van der Waals surface area (Å²) in [4.78, 5) is 12.0. The lowest BCUT2D eigenvalue weighted by atomic mass is 9.91. The Balaban J connectivity index is 2.60. The van der Waals surface area contributed by atoms with Crippen molar-refractivity contribution in [3.8, 4) is 0 Å². The minimum atomic E-state index is 0.400. The van der Waals surface area contributed by atoms with Crippen molar-refractivity contribution in [2.45, 2.75) is 71.6 Å². The number of nitrogens with one attached hydrogen (secondary N) is 1. The second kappa shape index (κ2) is 9.32. The SMILES string of the molecule is CCCCCC(CCCCC)=C1CNCCC1=O. The van der Waals surface area contributed by atoms with Gasteiger partial charge in [0.2, 0.25) is 0 Å². The summed E-state index contributed by atoms with van der Waals surface area (Å²) >= 11 is 0. The molecule has 1 N–H and O–H groups in total. The molecular formula is C16H29NO. The first-order valence-corrected chi connectivity index (χ1v) is 7.74. The number of piperidine rings is 1. The predicted molar refractivity (Wildman–Crippen MR) is 77.8 cm³/mol. The summed E-state index contributed by atoms with van der Waals surface area (Å²) in [7, 11) is 0. The van der Waals surface area contributed by atoms with Gasteiger partial charge in [0, 0.05) is 25.1 Å². The Morgan fingerprint density at radius 3 is 2.17 bits per heavy atom. The van der Waals surface area contributed by atoms with Crippen LogP contribution in [-0.2, 0) is 4.79 Å². The third kappa shape index (κ3) is 5.34. The first-order valence-electron chi connectivity index (χ1n) is 7.74. The van der Waals surface area contributed by atoms with Crippen molar-refractivity contribution in [2.75, 3.05) is 13.1 Å². The Kier molecular flexibility index (Phi) is 7.99. The summed E-state index contributed by atoms with van der Waals surface area (Å²) in [6.07, 6.45) is 10.5. The Hall–Kier alpha value is -0.630. The fraction of sp³-hybridized carbons (Fsp3) is 0.812. The molecule has 0 atom stereocenters. The number of Topliss-reactive ketones (excluding diaryl/α,β-unsaturated/α-hetero) is 1. The van der Waals surface area contributed by atoms with E-state index in [1.165, 1.54) is 44.1 Å². The summed E-state index contributed by atoms with van der Waals surface area (Å²) < 4.78 is 0. The highest BCUT2D eigenvalue weighted by Gasteiger charge is 2.18. The molecule has 1 aliphatic heterocycles. The molecule has 0 saturated carbocycles. The van der Waals surface area contributed by atoms with Crippen LogP contribution in [0.3, 0.4) is 0 Å². The number of unbranched alkanes of at least 4 members (excludes halogenated alkanes) is 4. The zero-order chi connectivity index (χ0) is 13.2. The van der Waals surface area contributed by atoms with E-state index in [9.17, 15) is 4.79 Å². The van der Waals surface area contributed by atoms with Crippen LogP contribution in [0.5, 0.6) is 0 Å². The van der Waals surface area contributed by atoms with Crippen LogP contribution in [0.1, 0.15) is 71.6 Å². The van der Waals surface area contributed by atoms with E-state index in [0.29, 0.717) is 12.2 Å². The van der Waals surface area contributed by atoms with E-state index < -0.39 is 0 Å². The van der Waals surface area contributed by atoms with Crippen LogP contribution < -0.4 is 5.32 Å². The van der Waals surface area contributed by atoms with Crippen molar-refractivity contribution in [2.24, 2.45) is 0 Å². The van der Waals surface area contributed by atoms with E-state index in [0.717, 1.165) is 31.5 Å². The minimum Gasteiger partial charge on any atom is -0.312 e. The van der Waals surface area contributed by atoms with Crippen molar-refractivity contribution in [1.29, 1.82) is 0 Å². The van der Waals surface area contributed by atoms with Gasteiger partial charge in [-0.25, -0.2) is 0 Å². The smallest absolute Gasteiger partial charge is 0.161 e. The number of allylic oxidation sites excluding steroid dienone is 1. The highest BCUT2D eigenvalue weighted by atomic mass is 16.1. The second-order valence-corrected chi connectivity index (χ2v) is 5.35. The van der Waals surface area contributed by atoms with Gasteiger partial charge in [0.05, 0.1) is 0 Å². The van der Waals surface area contributed by atoms with Gasteiger partial charge in [0.15, 0.2) is 5.78 Å². The van der Waals surface area contributed by atoms with E-state index in [-0.39, 0.29) is 0 Å². The molecule has 1 saturated heterocycles. The van der Waals surface area contributed by atoms with Crippen LogP contribution in [0.15, 0.2) is 11.1 Å². The van der Waals surface area contributed by atoms with Crippen LogP contribution >= 0.6 is 0 Å². The van der Waals surface area contributed by atoms with E-state index in [2.05, 4.69) is 19.2 Å². The van der Waals surface area contributed by atoms with Crippen LogP contribution in [0.25, 0.3) is 0 Å². The molecular weight excluding hydrogens is 222 g/mol. The van der Waals surface area contributed by atoms with Gasteiger partial charge < -0.3 is 5.32 Å². The molecule has 18 heavy (non-hydrogen) atoms. The van der Waals surface area contributed by atoms with Gasteiger partial charge in [-0.3, -0.25) is 4.79 Å². The number of hydrogen-bond donors (Lipinski definition) is 1. The molecule has 0 aromatic heterocycles. The maximum Gasteiger partial charge on any atom is 0.161 e. The molecule has 0 aliphatic carbocycles. The Bertz CT molecular complexity index is 269. The molecule has 2 heteroatoms. The van der Waals surface area contributed by atoms with Crippen molar-refractivity contribution in [1.82, 2.24) is 5.32 Å². The van der Waals surface area contributed by atoms with E-state index in [4.69, 9.17) is 0 Å². The van der Waals surface area contributed by atoms with Gasteiger partial charge in [-0.05, 0) is 25.7 Å². The maximum atomic E-state index is 12.0. The summed E-state index contributed by atoms with van der Waals surface area (Å²) in [5.41, 5.74) is 2.57. The fourth-order valence-corrected chi connectivity index (χ4v) is 2.59. The fourth-order valence-electron chi connectivity index (χ4n) is 2.59. The first kappa shape index (κ1) is 15.4.